The first kappa shape index (κ1) is 20.5. The van der Waals surface area contributed by atoms with Crippen molar-refractivity contribution < 1.29 is 18.8 Å². The summed E-state index contributed by atoms with van der Waals surface area (Å²) >= 11 is 0. The lowest BCUT2D eigenvalue weighted by Crippen LogP contribution is -2.34. The highest BCUT2D eigenvalue weighted by Gasteiger charge is 2.15. The van der Waals surface area contributed by atoms with Gasteiger partial charge in [-0.1, -0.05) is 18.2 Å². The summed E-state index contributed by atoms with van der Waals surface area (Å²) < 4.78 is 5.47. The van der Waals surface area contributed by atoms with Crippen LogP contribution in [-0.4, -0.2) is 23.8 Å². The number of carbonyl (C=O) groups is 3. The summed E-state index contributed by atoms with van der Waals surface area (Å²) in [7, 11) is 0. The Morgan fingerprint density at radius 1 is 1.07 bits per heavy atom. The van der Waals surface area contributed by atoms with Crippen molar-refractivity contribution in [3.63, 3.8) is 0 Å². The van der Waals surface area contributed by atoms with Crippen molar-refractivity contribution >= 4 is 29.5 Å². The van der Waals surface area contributed by atoms with Crippen LogP contribution in [0.1, 0.15) is 25.4 Å². The van der Waals surface area contributed by atoms with Crippen LogP contribution in [0.3, 0.4) is 0 Å². The second-order valence-corrected chi connectivity index (χ2v) is 6.10. The fourth-order valence-electron chi connectivity index (χ4n) is 2.15. The van der Waals surface area contributed by atoms with Gasteiger partial charge in [0.1, 0.15) is 23.2 Å². The largest absolute Gasteiger partial charge is 0.460 e. The summed E-state index contributed by atoms with van der Waals surface area (Å²) in [6.07, 6.45) is 1.31. The van der Waals surface area contributed by atoms with Crippen LogP contribution in [0.15, 0.2) is 52.5 Å². The fraction of sp³-hybridized carbons (Fsp3) is 0.200. The predicted molar refractivity (Wildman–Crippen MR) is 102 cm³/mol. The molecule has 0 fully saturated rings. The van der Waals surface area contributed by atoms with Gasteiger partial charge in [0, 0.05) is 17.8 Å². The van der Waals surface area contributed by atoms with Gasteiger partial charge < -0.3 is 20.4 Å². The number of hydrogen-bond donors (Lipinski definition) is 3. The third-order valence-corrected chi connectivity index (χ3v) is 3.41. The molecule has 8 nitrogen and oxygen atoms in total. The van der Waals surface area contributed by atoms with Gasteiger partial charge in [0.2, 0.25) is 0 Å². The molecule has 2 aromatic rings. The Hall–Kier alpha value is -3.86. The van der Waals surface area contributed by atoms with Gasteiger partial charge in [0.05, 0.1) is 6.54 Å². The molecular formula is C20H20N4O4. The quantitative estimate of drug-likeness (QED) is 0.401. The van der Waals surface area contributed by atoms with E-state index in [1.807, 2.05) is 6.07 Å². The molecule has 0 bridgehead atoms. The van der Waals surface area contributed by atoms with E-state index in [9.17, 15) is 14.4 Å². The SMILES string of the molecule is CC(C)NC(=O)/C(C#N)=C\c1ccc(CNC(=O)C(=O)Nc2ccccc2)o1. The van der Waals surface area contributed by atoms with E-state index in [4.69, 9.17) is 9.68 Å². The number of anilines is 1. The second kappa shape index (κ2) is 9.73. The maximum Gasteiger partial charge on any atom is 0.313 e. The van der Waals surface area contributed by atoms with E-state index in [0.717, 1.165) is 0 Å². The van der Waals surface area contributed by atoms with Gasteiger partial charge in [-0.2, -0.15) is 5.26 Å². The first-order chi connectivity index (χ1) is 13.4. The Morgan fingerprint density at radius 2 is 1.79 bits per heavy atom. The Kier molecular flexibility index (Phi) is 7.11. The van der Waals surface area contributed by atoms with Gasteiger partial charge in [0.15, 0.2) is 0 Å². The van der Waals surface area contributed by atoms with E-state index < -0.39 is 17.7 Å². The van der Waals surface area contributed by atoms with Gasteiger partial charge >= 0.3 is 11.8 Å². The highest BCUT2D eigenvalue weighted by Crippen LogP contribution is 2.12. The van der Waals surface area contributed by atoms with Crippen molar-refractivity contribution in [3.8, 4) is 6.07 Å². The van der Waals surface area contributed by atoms with Gasteiger partial charge in [0.25, 0.3) is 5.91 Å². The third kappa shape index (κ3) is 6.14. The molecule has 2 rings (SSSR count). The predicted octanol–water partition coefficient (Wildman–Crippen LogP) is 1.97. The molecule has 1 aromatic carbocycles. The summed E-state index contributed by atoms with van der Waals surface area (Å²) in [6.45, 7) is 3.55. The summed E-state index contributed by atoms with van der Waals surface area (Å²) in [6, 6.07) is 13.5. The first-order valence-electron chi connectivity index (χ1n) is 8.54. The van der Waals surface area contributed by atoms with E-state index in [2.05, 4.69) is 16.0 Å². The smallest absolute Gasteiger partial charge is 0.313 e. The van der Waals surface area contributed by atoms with Crippen molar-refractivity contribution in [2.24, 2.45) is 0 Å². The summed E-state index contributed by atoms with van der Waals surface area (Å²) in [5.41, 5.74) is 0.414. The topological polar surface area (TPSA) is 124 Å². The van der Waals surface area contributed by atoms with E-state index in [1.165, 1.54) is 6.08 Å². The average molecular weight is 380 g/mol. The summed E-state index contributed by atoms with van der Waals surface area (Å²) in [4.78, 5) is 35.6. The molecule has 3 N–H and O–H groups in total. The third-order valence-electron chi connectivity index (χ3n) is 3.41. The maximum absolute atomic E-state index is 11.9. The molecule has 0 aliphatic rings. The molecule has 0 radical (unpaired) electrons. The standard InChI is InChI=1S/C20H20N4O4/c1-13(2)23-18(25)14(11-21)10-16-8-9-17(28-16)12-22-19(26)20(27)24-15-6-4-3-5-7-15/h3-10,13H,12H2,1-2H3,(H,22,26)(H,23,25)(H,24,27)/b14-10-. The molecule has 1 aromatic heterocycles. The fourth-order valence-corrected chi connectivity index (χ4v) is 2.15. The van der Waals surface area contributed by atoms with Crippen molar-refractivity contribution in [1.29, 1.82) is 5.26 Å². The number of nitrogens with one attached hydrogen (secondary N) is 3. The zero-order valence-corrected chi connectivity index (χ0v) is 15.5. The van der Waals surface area contributed by atoms with Crippen molar-refractivity contribution in [2.75, 3.05) is 5.32 Å². The summed E-state index contributed by atoms with van der Waals surface area (Å²) in [5, 5.41) is 16.6. The highest BCUT2D eigenvalue weighted by molar-refractivity contribution is 6.39. The maximum atomic E-state index is 11.9. The second-order valence-electron chi connectivity index (χ2n) is 6.10. The van der Waals surface area contributed by atoms with Gasteiger partial charge in [-0.25, -0.2) is 0 Å². The number of hydrogen-bond acceptors (Lipinski definition) is 5. The summed E-state index contributed by atoms with van der Waals surface area (Å²) in [5.74, 6) is -1.45. The Balaban J connectivity index is 1.92. The van der Waals surface area contributed by atoms with Gasteiger partial charge in [-0.05, 0) is 38.1 Å². The number of benzene rings is 1. The molecule has 0 saturated carbocycles. The van der Waals surface area contributed by atoms with Crippen LogP contribution < -0.4 is 16.0 Å². The number of furan rings is 1. The Morgan fingerprint density at radius 3 is 2.43 bits per heavy atom. The molecule has 3 amide bonds. The molecule has 0 aliphatic carbocycles. The minimum atomic E-state index is -0.814. The lowest BCUT2D eigenvalue weighted by Gasteiger charge is -2.06. The van der Waals surface area contributed by atoms with Crippen molar-refractivity contribution in [1.82, 2.24) is 10.6 Å². The van der Waals surface area contributed by atoms with E-state index in [-0.39, 0.29) is 23.9 Å². The molecule has 8 heteroatoms. The van der Waals surface area contributed by atoms with Gasteiger partial charge in [-0.3, -0.25) is 14.4 Å². The number of nitriles is 1. The number of rotatable bonds is 6. The zero-order chi connectivity index (χ0) is 20.5. The lowest BCUT2D eigenvalue weighted by molar-refractivity contribution is -0.136. The number of amides is 3. The van der Waals surface area contributed by atoms with Crippen LogP contribution in [0.2, 0.25) is 0 Å². The zero-order valence-electron chi connectivity index (χ0n) is 15.5. The minimum absolute atomic E-state index is 0.0189. The molecule has 1 heterocycles. The van der Waals surface area contributed by atoms with Crippen molar-refractivity contribution in [3.05, 3.63) is 59.6 Å². The molecule has 0 atom stereocenters. The molecular weight excluding hydrogens is 360 g/mol. The number of carbonyl (C=O) groups excluding carboxylic acids is 3. The van der Waals surface area contributed by atoms with E-state index >= 15 is 0 Å². The molecule has 144 valence electrons. The number of nitrogens with zero attached hydrogens (tertiary/aromatic N) is 1. The van der Waals surface area contributed by atoms with Crippen LogP contribution in [0.4, 0.5) is 5.69 Å². The van der Waals surface area contributed by atoms with Crippen LogP contribution in [0, 0.1) is 11.3 Å². The Labute approximate surface area is 162 Å². The van der Waals surface area contributed by atoms with Crippen LogP contribution >= 0.6 is 0 Å². The van der Waals surface area contributed by atoms with Crippen LogP contribution in [-0.2, 0) is 20.9 Å². The lowest BCUT2D eigenvalue weighted by atomic mass is 10.2. The van der Waals surface area contributed by atoms with Crippen molar-refractivity contribution in [2.45, 2.75) is 26.4 Å². The highest BCUT2D eigenvalue weighted by atomic mass is 16.3. The Bertz CT molecular complexity index is 923. The average Bonchev–Trinajstić information content (AvgIpc) is 3.11. The monoisotopic (exact) mass is 380 g/mol. The molecule has 0 spiro atoms. The number of para-hydroxylation sites is 1. The molecule has 28 heavy (non-hydrogen) atoms. The minimum Gasteiger partial charge on any atom is -0.460 e. The van der Waals surface area contributed by atoms with Crippen LogP contribution in [0.25, 0.3) is 6.08 Å². The normalized spacial score (nSPS) is 10.9. The van der Waals surface area contributed by atoms with Crippen LogP contribution in [0.5, 0.6) is 0 Å². The van der Waals surface area contributed by atoms with E-state index in [1.54, 1.807) is 56.3 Å². The molecule has 0 saturated heterocycles. The molecule has 0 unspecified atom stereocenters. The first-order valence-corrected chi connectivity index (χ1v) is 8.54. The van der Waals surface area contributed by atoms with Gasteiger partial charge in [-0.15, -0.1) is 0 Å². The molecule has 0 aliphatic heterocycles. The van der Waals surface area contributed by atoms with E-state index in [0.29, 0.717) is 11.4 Å².